The Balaban J connectivity index is 1.26. The van der Waals surface area contributed by atoms with Crippen molar-refractivity contribution in [1.82, 2.24) is 19.4 Å². The van der Waals surface area contributed by atoms with Crippen molar-refractivity contribution in [3.8, 4) is 0 Å². The van der Waals surface area contributed by atoms with Gasteiger partial charge in [0.05, 0.1) is 23.0 Å². The number of carbonyl (C=O) groups excluding carboxylic acids is 2. The Morgan fingerprint density at radius 1 is 0.970 bits per heavy atom. The lowest BCUT2D eigenvalue weighted by molar-refractivity contribution is 0.0794. The molecule has 5 rings (SSSR count). The number of nitrogens with one attached hydrogen (secondary N) is 1. The van der Waals surface area contributed by atoms with E-state index in [9.17, 15) is 18.4 Å². The van der Waals surface area contributed by atoms with Crippen molar-refractivity contribution in [3.63, 3.8) is 0 Å². The molecule has 2 aliphatic rings. The van der Waals surface area contributed by atoms with E-state index < -0.39 is 17.7 Å². The van der Waals surface area contributed by atoms with Crippen LogP contribution in [-0.2, 0) is 0 Å². The lowest BCUT2D eigenvalue weighted by Gasteiger charge is -2.32. The Kier molecular flexibility index (Phi) is 5.70. The summed E-state index contributed by atoms with van der Waals surface area (Å²) in [5.41, 5.74) is 2.50. The number of nitrogens with zero attached hydrogens (tertiary/aromatic N) is 4. The van der Waals surface area contributed by atoms with E-state index in [1.165, 1.54) is 6.07 Å². The zero-order chi connectivity index (χ0) is 22.9. The molecule has 0 spiro atoms. The number of hydrogen-bond acceptors (Lipinski definition) is 3. The van der Waals surface area contributed by atoms with Crippen molar-refractivity contribution in [2.75, 3.05) is 31.5 Å². The summed E-state index contributed by atoms with van der Waals surface area (Å²) in [6.45, 7) is 2.61. The number of benzene rings is 1. The number of fused-ring (bicyclic) bond motifs is 1. The lowest BCUT2D eigenvalue weighted by Crippen LogP contribution is -2.40. The topological polar surface area (TPSA) is 70.0 Å². The first-order valence-electron chi connectivity index (χ1n) is 11.3. The van der Waals surface area contributed by atoms with Gasteiger partial charge in [0.2, 0.25) is 0 Å². The maximum Gasteiger partial charge on any atom is 0.321 e. The highest BCUT2D eigenvalue weighted by Crippen LogP contribution is 2.30. The van der Waals surface area contributed by atoms with Crippen LogP contribution in [0.5, 0.6) is 0 Å². The number of urea groups is 1. The molecule has 0 atom stereocenters. The smallest absolute Gasteiger partial charge is 0.321 e. The van der Waals surface area contributed by atoms with Crippen LogP contribution in [0.2, 0.25) is 0 Å². The number of pyridine rings is 1. The van der Waals surface area contributed by atoms with Crippen molar-refractivity contribution in [3.05, 3.63) is 65.5 Å². The van der Waals surface area contributed by atoms with Crippen LogP contribution in [0.3, 0.4) is 0 Å². The molecule has 1 aromatic carbocycles. The normalized spacial score (nSPS) is 17.0. The molecule has 2 aliphatic heterocycles. The molecule has 7 nitrogen and oxygen atoms in total. The quantitative estimate of drug-likeness (QED) is 0.644. The van der Waals surface area contributed by atoms with Crippen LogP contribution in [0.25, 0.3) is 5.52 Å². The number of halogens is 2. The average Bonchev–Trinajstić information content (AvgIpc) is 3.50. The summed E-state index contributed by atoms with van der Waals surface area (Å²) in [6.07, 6.45) is 7.09. The molecule has 0 aliphatic carbocycles. The fraction of sp³-hybridized carbons (Fsp3) is 0.375. The first-order valence-corrected chi connectivity index (χ1v) is 11.3. The minimum atomic E-state index is -0.799. The van der Waals surface area contributed by atoms with Crippen molar-refractivity contribution in [2.24, 2.45) is 0 Å². The molecule has 0 unspecified atom stereocenters. The van der Waals surface area contributed by atoms with E-state index in [2.05, 4.69) is 10.4 Å². The van der Waals surface area contributed by atoms with Crippen molar-refractivity contribution in [2.45, 2.75) is 31.6 Å². The molecule has 9 heteroatoms. The molecular weight excluding hydrogens is 428 g/mol. The number of hydrogen-bond donors (Lipinski definition) is 1. The summed E-state index contributed by atoms with van der Waals surface area (Å²) in [5.74, 6) is -1.22. The number of piperidine rings is 1. The van der Waals surface area contributed by atoms with Gasteiger partial charge in [-0.15, -0.1) is 0 Å². The lowest BCUT2D eigenvalue weighted by atomic mass is 9.89. The van der Waals surface area contributed by atoms with E-state index in [0.717, 1.165) is 62.0 Å². The molecule has 0 bridgehead atoms. The summed E-state index contributed by atoms with van der Waals surface area (Å²) < 4.78 is 28.7. The summed E-state index contributed by atoms with van der Waals surface area (Å²) >= 11 is 0. The van der Waals surface area contributed by atoms with Crippen molar-refractivity contribution < 1.29 is 18.4 Å². The van der Waals surface area contributed by atoms with Gasteiger partial charge in [-0.3, -0.25) is 4.79 Å². The molecule has 3 aromatic rings. The molecule has 3 amide bonds. The summed E-state index contributed by atoms with van der Waals surface area (Å²) in [4.78, 5) is 28.9. The highest BCUT2D eigenvalue weighted by Gasteiger charge is 2.26. The number of likely N-dealkylation sites (tertiary alicyclic amines) is 2. The number of rotatable bonds is 3. The Labute approximate surface area is 190 Å². The zero-order valence-electron chi connectivity index (χ0n) is 18.1. The van der Waals surface area contributed by atoms with E-state index in [4.69, 9.17) is 0 Å². The third-order valence-electron chi connectivity index (χ3n) is 6.60. The van der Waals surface area contributed by atoms with E-state index in [1.54, 1.807) is 15.6 Å². The van der Waals surface area contributed by atoms with Crippen molar-refractivity contribution >= 4 is 23.1 Å². The second kappa shape index (κ2) is 8.80. The van der Waals surface area contributed by atoms with E-state index in [1.807, 2.05) is 23.2 Å². The summed E-state index contributed by atoms with van der Waals surface area (Å²) in [6, 6.07) is 6.72. The summed E-state index contributed by atoms with van der Waals surface area (Å²) in [7, 11) is 0. The Morgan fingerprint density at radius 3 is 2.45 bits per heavy atom. The van der Waals surface area contributed by atoms with Gasteiger partial charge in [0.1, 0.15) is 11.6 Å². The van der Waals surface area contributed by atoms with Crippen LogP contribution in [-0.4, -0.2) is 57.5 Å². The molecule has 1 N–H and O–H groups in total. The largest absolute Gasteiger partial charge is 0.339 e. The van der Waals surface area contributed by atoms with Crippen LogP contribution in [0.15, 0.2) is 42.7 Å². The molecule has 0 saturated carbocycles. The highest BCUT2D eigenvalue weighted by molar-refractivity contribution is 6.00. The molecule has 2 saturated heterocycles. The Hall–Kier alpha value is -3.49. The van der Waals surface area contributed by atoms with Crippen LogP contribution >= 0.6 is 0 Å². The van der Waals surface area contributed by atoms with Crippen LogP contribution in [0.1, 0.15) is 47.5 Å². The number of carbonyl (C=O) groups is 2. The van der Waals surface area contributed by atoms with Gasteiger partial charge in [-0.2, -0.15) is 5.10 Å². The van der Waals surface area contributed by atoms with Gasteiger partial charge in [-0.05, 0) is 61.4 Å². The number of amides is 3. The number of anilines is 1. The van der Waals surface area contributed by atoms with E-state index in [0.29, 0.717) is 18.7 Å². The fourth-order valence-corrected chi connectivity index (χ4v) is 4.71. The maximum absolute atomic E-state index is 13.8. The third kappa shape index (κ3) is 4.27. The Bertz CT molecular complexity index is 1200. The highest BCUT2D eigenvalue weighted by atomic mass is 19.1. The predicted molar refractivity (Wildman–Crippen MR) is 119 cm³/mol. The second-order valence-corrected chi connectivity index (χ2v) is 8.66. The van der Waals surface area contributed by atoms with Crippen LogP contribution in [0, 0.1) is 11.6 Å². The SMILES string of the molecule is O=C(Nc1ccc(F)cc1F)N1CCC(c2ccn3ncc(C(=O)N4CCCC4)c3c2)CC1. The van der Waals surface area contributed by atoms with Gasteiger partial charge in [0, 0.05) is 38.4 Å². The van der Waals surface area contributed by atoms with E-state index in [-0.39, 0.29) is 17.5 Å². The van der Waals surface area contributed by atoms with Gasteiger partial charge in [0.15, 0.2) is 0 Å². The second-order valence-electron chi connectivity index (χ2n) is 8.66. The van der Waals surface area contributed by atoms with Gasteiger partial charge >= 0.3 is 6.03 Å². The monoisotopic (exact) mass is 453 g/mol. The van der Waals surface area contributed by atoms with Gasteiger partial charge in [-0.25, -0.2) is 18.1 Å². The minimum absolute atomic E-state index is 0.0270. The minimum Gasteiger partial charge on any atom is -0.339 e. The first kappa shape index (κ1) is 21.4. The first-order chi connectivity index (χ1) is 16.0. The number of aromatic nitrogens is 2. The zero-order valence-corrected chi connectivity index (χ0v) is 18.1. The van der Waals surface area contributed by atoms with Gasteiger partial charge in [0.25, 0.3) is 5.91 Å². The molecule has 4 heterocycles. The van der Waals surface area contributed by atoms with Crippen molar-refractivity contribution in [1.29, 1.82) is 0 Å². The Morgan fingerprint density at radius 2 is 1.73 bits per heavy atom. The molecular formula is C24H25F2N5O2. The summed E-state index contributed by atoms with van der Waals surface area (Å²) in [5, 5.41) is 6.86. The third-order valence-corrected chi connectivity index (χ3v) is 6.60. The van der Waals surface area contributed by atoms with Crippen LogP contribution < -0.4 is 5.32 Å². The fourth-order valence-electron chi connectivity index (χ4n) is 4.71. The molecule has 0 radical (unpaired) electrons. The molecule has 2 fully saturated rings. The maximum atomic E-state index is 13.8. The standard InChI is InChI=1S/C24H25F2N5O2/c25-18-3-4-21(20(26)14-18)28-24(33)30-10-5-16(6-11-30)17-7-12-31-22(13-17)19(15-27-31)23(32)29-8-1-2-9-29/h3-4,7,12-16H,1-2,5-6,8-11H2,(H,28,33). The van der Waals surface area contributed by atoms with Gasteiger partial charge in [-0.1, -0.05) is 0 Å². The molecule has 2 aromatic heterocycles. The van der Waals surface area contributed by atoms with E-state index >= 15 is 0 Å². The molecule has 33 heavy (non-hydrogen) atoms. The molecule has 172 valence electrons. The van der Waals surface area contributed by atoms with Gasteiger partial charge < -0.3 is 15.1 Å². The average molecular weight is 453 g/mol. The van der Waals surface area contributed by atoms with Crippen LogP contribution in [0.4, 0.5) is 19.3 Å². The predicted octanol–water partition coefficient (Wildman–Crippen LogP) is 4.26.